The molecule has 0 aromatic heterocycles. The van der Waals surface area contributed by atoms with Gasteiger partial charge in [0.2, 0.25) is 0 Å². The molecule has 4 heteroatoms. The Balaban J connectivity index is 1.96. The van der Waals surface area contributed by atoms with Crippen LogP contribution in [0.2, 0.25) is 0 Å². The molecule has 2 aromatic carbocycles. The number of aryl methyl sites for hydroxylation is 1. The molecule has 4 N–H and O–H groups in total. The first-order valence-electron chi connectivity index (χ1n) is 8.00. The van der Waals surface area contributed by atoms with Crippen molar-refractivity contribution in [3.05, 3.63) is 60.2 Å². The van der Waals surface area contributed by atoms with Crippen molar-refractivity contribution in [2.24, 2.45) is 16.6 Å². The van der Waals surface area contributed by atoms with E-state index in [0.717, 1.165) is 11.4 Å². The maximum absolute atomic E-state index is 6.01. The van der Waals surface area contributed by atoms with Gasteiger partial charge in [0.05, 0.1) is 6.54 Å². The molecule has 1 unspecified atom stereocenters. The number of nitrogens with zero attached hydrogens (tertiary/aromatic N) is 1. The SMILES string of the molecule is Cc1cccc(NC(N)=NCC(Nc2ccccc2)C(C)C)c1. The Hall–Kier alpha value is -2.49. The van der Waals surface area contributed by atoms with Crippen LogP contribution in [-0.2, 0) is 0 Å². The minimum Gasteiger partial charge on any atom is -0.380 e. The molecule has 2 aromatic rings. The van der Waals surface area contributed by atoms with Crippen LogP contribution >= 0.6 is 0 Å². The third-order valence-electron chi connectivity index (χ3n) is 3.68. The smallest absolute Gasteiger partial charge is 0.193 e. The van der Waals surface area contributed by atoms with Crippen LogP contribution in [0.3, 0.4) is 0 Å². The van der Waals surface area contributed by atoms with E-state index in [0.29, 0.717) is 18.4 Å². The van der Waals surface area contributed by atoms with Gasteiger partial charge in [-0.25, -0.2) is 0 Å². The summed E-state index contributed by atoms with van der Waals surface area (Å²) in [7, 11) is 0. The van der Waals surface area contributed by atoms with Crippen molar-refractivity contribution in [1.82, 2.24) is 0 Å². The van der Waals surface area contributed by atoms with Gasteiger partial charge in [-0.3, -0.25) is 4.99 Å². The second-order valence-electron chi connectivity index (χ2n) is 6.08. The summed E-state index contributed by atoms with van der Waals surface area (Å²) >= 11 is 0. The van der Waals surface area contributed by atoms with Crippen molar-refractivity contribution in [2.75, 3.05) is 17.2 Å². The molecule has 0 saturated carbocycles. The summed E-state index contributed by atoms with van der Waals surface area (Å²) in [6, 6.07) is 18.5. The molecule has 0 saturated heterocycles. The van der Waals surface area contributed by atoms with Crippen LogP contribution < -0.4 is 16.4 Å². The van der Waals surface area contributed by atoms with E-state index in [1.165, 1.54) is 5.56 Å². The fourth-order valence-electron chi connectivity index (χ4n) is 2.28. The van der Waals surface area contributed by atoms with E-state index < -0.39 is 0 Å². The second kappa shape index (κ2) is 8.22. The normalized spacial score (nSPS) is 13.0. The molecular weight excluding hydrogens is 284 g/mol. The van der Waals surface area contributed by atoms with Crippen molar-refractivity contribution < 1.29 is 0 Å². The fourth-order valence-corrected chi connectivity index (χ4v) is 2.28. The number of hydrogen-bond acceptors (Lipinski definition) is 2. The Morgan fingerprint density at radius 2 is 1.74 bits per heavy atom. The maximum Gasteiger partial charge on any atom is 0.193 e. The predicted molar refractivity (Wildman–Crippen MR) is 100.0 cm³/mol. The summed E-state index contributed by atoms with van der Waals surface area (Å²) in [5.41, 5.74) is 9.26. The molecule has 0 amide bonds. The highest BCUT2D eigenvalue weighted by Crippen LogP contribution is 2.13. The summed E-state index contributed by atoms with van der Waals surface area (Å²) in [5.74, 6) is 0.891. The Morgan fingerprint density at radius 1 is 1.04 bits per heavy atom. The number of nitrogens with two attached hydrogens (primary N) is 1. The van der Waals surface area contributed by atoms with E-state index in [4.69, 9.17) is 5.73 Å². The van der Waals surface area contributed by atoms with Crippen LogP contribution in [0, 0.1) is 12.8 Å². The Kier molecular flexibility index (Phi) is 6.03. The minimum absolute atomic E-state index is 0.232. The molecule has 0 heterocycles. The lowest BCUT2D eigenvalue weighted by atomic mass is 10.0. The van der Waals surface area contributed by atoms with Crippen LogP contribution in [0.25, 0.3) is 0 Å². The van der Waals surface area contributed by atoms with Crippen LogP contribution in [0.1, 0.15) is 19.4 Å². The van der Waals surface area contributed by atoms with Crippen molar-refractivity contribution in [1.29, 1.82) is 0 Å². The van der Waals surface area contributed by atoms with Gasteiger partial charge in [0.15, 0.2) is 5.96 Å². The summed E-state index contributed by atoms with van der Waals surface area (Å²) in [6.45, 7) is 7.04. The van der Waals surface area contributed by atoms with Gasteiger partial charge in [0, 0.05) is 17.4 Å². The lowest BCUT2D eigenvalue weighted by molar-refractivity contribution is 0.532. The number of rotatable bonds is 6. The minimum atomic E-state index is 0.232. The topological polar surface area (TPSA) is 62.4 Å². The highest BCUT2D eigenvalue weighted by molar-refractivity contribution is 5.92. The predicted octanol–water partition coefficient (Wildman–Crippen LogP) is 3.86. The van der Waals surface area contributed by atoms with Crippen molar-refractivity contribution >= 4 is 17.3 Å². The number of para-hydroxylation sites is 1. The molecule has 23 heavy (non-hydrogen) atoms. The second-order valence-corrected chi connectivity index (χ2v) is 6.08. The zero-order chi connectivity index (χ0) is 16.7. The number of guanidine groups is 1. The molecule has 0 aliphatic carbocycles. The molecule has 0 spiro atoms. The summed E-state index contributed by atoms with van der Waals surface area (Å²) in [5, 5.41) is 6.66. The van der Waals surface area contributed by atoms with Crippen molar-refractivity contribution in [3.63, 3.8) is 0 Å². The third kappa shape index (κ3) is 5.66. The first-order valence-corrected chi connectivity index (χ1v) is 8.00. The van der Waals surface area contributed by atoms with Crippen LogP contribution in [-0.4, -0.2) is 18.5 Å². The Labute approximate surface area is 138 Å². The summed E-state index contributed by atoms with van der Waals surface area (Å²) < 4.78 is 0. The average Bonchev–Trinajstić information content (AvgIpc) is 2.52. The Morgan fingerprint density at radius 3 is 2.39 bits per heavy atom. The Bertz CT molecular complexity index is 635. The maximum atomic E-state index is 6.01. The van der Waals surface area contributed by atoms with E-state index in [2.05, 4.69) is 54.6 Å². The molecular formula is C19H26N4. The molecule has 0 aliphatic heterocycles. The van der Waals surface area contributed by atoms with Crippen molar-refractivity contribution in [3.8, 4) is 0 Å². The molecule has 1 atom stereocenters. The van der Waals surface area contributed by atoms with E-state index in [1.54, 1.807) is 0 Å². The van der Waals surface area contributed by atoms with E-state index in [9.17, 15) is 0 Å². The molecule has 2 rings (SSSR count). The highest BCUT2D eigenvalue weighted by atomic mass is 15.1. The molecule has 0 aliphatic rings. The van der Waals surface area contributed by atoms with Crippen molar-refractivity contribution in [2.45, 2.75) is 26.8 Å². The quantitative estimate of drug-likeness (QED) is 0.561. The highest BCUT2D eigenvalue weighted by Gasteiger charge is 2.12. The van der Waals surface area contributed by atoms with E-state index >= 15 is 0 Å². The summed E-state index contributed by atoms with van der Waals surface area (Å²) in [4.78, 5) is 4.49. The zero-order valence-electron chi connectivity index (χ0n) is 14.1. The molecule has 4 nitrogen and oxygen atoms in total. The van der Waals surface area contributed by atoms with Gasteiger partial charge in [-0.05, 0) is 42.7 Å². The lowest BCUT2D eigenvalue weighted by Gasteiger charge is -2.22. The fraction of sp³-hybridized carbons (Fsp3) is 0.316. The zero-order valence-corrected chi connectivity index (χ0v) is 14.1. The monoisotopic (exact) mass is 310 g/mol. The molecule has 0 fully saturated rings. The van der Waals surface area contributed by atoms with Gasteiger partial charge in [-0.15, -0.1) is 0 Å². The lowest BCUT2D eigenvalue weighted by Crippen LogP contribution is -2.31. The van der Waals surface area contributed by atoms with Gasteiger partial charge >= 0.3 is 0 Å². The largest absolute Gasteiger partial charge is 0.380 e. The summed E-state index contributed by atoms with van der Waals surface area (Å²) in [6.07, 6.45) is 0. The van der Waals surface area contributed by atoms with Crippen LogP contribution in [0.5, 0.6) is 0 Å². The number of anilines is 2. The average molecular weight is 310 g/mol. The number of benzene rings is 2. The first-order chi connectivity index (χ1) is 11.0. The third-order valence-corrected chi connectivity index (χ3v) is 3.68. The molecule has 0 radical (unpaired) electrons. The standard InChI is InChI=1S/C19H26N4/c1-14(2)18(22-16-9-5-4-6-10-16)13-21-19(20)23-17-11-7-8-15(3)12-17/h4-12,14,18,22H,13H2,1-3H3,(H3,20,21,23). The molecule has 0 bridgehead atoms. The van der Waals surface area contributed by atoms with E-state index in [1.807, 2.05) is 36.4 Å². The van der Waals surface area contributed by atoms with Gasteiger partial charge in [-0.1, -0.05) is 44.2 Å². The number of aliphatic imine (C=N–C) groups is 1. The number of nitrogens with one attached hydrogen (secondary N) is 2. The van der Waals surface area contributed by atoms with Gasteiger partial charge < -0.3 is 16.4 Å². The van der Waals surface area contributed by atoms with Crippen LogP contribution in [0.15, 0.2) is 59.6 Å². The van der Waals surface area contributed by atoms with E-state index in [-0.39, 0.29) is 6.04 Å². The molecule has 122 valence electrons. The van der Waals surface area contributed by atoms with Gasteiger partial charge in [0.25, 0.3) is 0 Å². The first kappa shape index (κ1) is 16.9. The van der Waals surface area contributed by atoms with Gasteiger partial charge in [0.1, 0.15) is 0 Å². The number of hydrogen-bond donors (Lipinski definition) is 3. The van der Waals surface area contributed by atoms with Crippen LogP contribution in [0.4, 0.5) is 11.4 Å². The van der Waals surface area contributed by atoms with Gasteiger partial charge in [-0.2, -0.15) is 0 Å².